The van der Waals surface area contributed by atoms with Crippen molar-refractivity contribution in [3.05, 3.63) is 81.5 Å². The second-order valence-corrected chi connectivity index (χ2v) is 6.10. The van der Waals surface area contributed by atoms with E-state index >= 15 is 0 Å². The van der Waals surface area contributed by atoms with Crippen LogP contribution >= 0.6 is 0 Å². The molecule has 27 heavy (non-hydrogen) atoms. The van der Waals surface area contributed by atoms with Crippen LogP contribution in [0.15, 0.2) is 64.6 Å². The third kappa shape index (κ3) is 2.82. The highest BCUT2D eigenvalue weighted by atomic mass is 19.1. The molecule has 4 aromatic rings. The van der Waals surface area contributed by atoms with Gasteiger partial charge in [0.2, 0.25) is 0 Å². The van der Waals surface area contributed by atoms with Gasteiger partial charge in [-0.15, -0.1) is 0 Å². The fourth-order valence-corrected chi connectivity index (χ4v) is 3.16. The van der Waals surface area contributed by atoms with Crippen LogP contribution in [0.5, 0.6) is 0 Å². The average Bonchev–Trinajstić information content (AvgIpc) is 2.68. The number of ether oxygens (including phenoxy) is 1. The summed E-state index contributed by atoms with van der Waals surface area (Å²) < 4.78 is 21.9. The van der Waals surface area contributed by atoms with Crippen molar-refractivity contribution in [2.24, 2.45) is 0 Å². The Kier molecular flexibility index (Phi) is 4.29. The third-order valence-corrected chi connectivity index (χ3v) is 4.52. The van der Waals surface area contributed by atoms with Crippen LogP contribution in [0, 0.1) is 5.82 Å². The standard InChI is InChI=1S/C20H16FN3O3/c1-27-11-10-23-8-7-16-18(20(23)26)13-6-9-24(19(25)14(13)12-22-16)17-5-3-2-4-15(17)21/h2-9,12H,10-11H2,1H3. The van der Waals surface area contributed by atoms with Crippen molar-refractivity contribution in [1.82, 2.24) is 14.1 Å². The Balaban J connectivity index is 2.01. The maximum Gasteiger partial charge on any atom is 0.264 e. The molecule has 6 nitrogen and oxygen atoms in total. The summed E-state index contributed by atoms with van der Waals surface area (Å²) in [5.74, 6) is -0.505. The van der Waals surface area contributed by atoms with Crippen LogP contribution in [0.1, 0.15) is 0 Å². The van der Waals surface area contributed by atoms with Gasteiger partial charge >= 0.3 is 0 Å². The van der Waals surface area contributed by atoms with Gasteiger partial charge in [0.15, 0.2) is 0 Å². The summed E-state index contributed by atoms with van der Waals surface area (Å²) in [5, 5.41) is 1.12. The van der Waals surface area contributed by atoms with Gasteiger partial charge in [0, 0.05) is 37.6 Å². The monoisotopic (exact) mass is 365 g/mol. The van der Waals surface area contributed by atoms with Gasteiger partial charge in [-0.2, -0.15) is 0 Å². The SMILES string of the molecule is COCCn1ccc2ncc3c(=O)n(-c4ccccc4F)ccc3c2c1=O. The first-order valence-corrected chi connectivity index (χ1v) is 8.39. The zero-order chi connectivity index (χ0) is 19.0. The number of methoxy groups -OCH3 is 1. The molecule has 0 saturated carbocycles. The van der Waals surface area contributed by atoms with E-state index in [0.717, 1.165) is 0 Å². The predicted octanol–water partition coefficient (Wildman–Crippen LogP) is 2.49. The van der Waals surface area contributed by atoms with Crippen LogP contribution in [0.25, 0.3) is 27.4 Å². The minimum atomic E-state index is -0.505. The second-order valence-electron chi connectivity index (χ2n) is 6.10. The fourth-order valence-electron chi connectivity index (χ4n) is 3.16. The van der Waals surface area contributed by atoms with Crippen LogP contribution < -0.4 is 11.1 Å². The molecule has 0 saturated heterocycles. The zero-order valence-corrected chi connectivity index (χ0v) is 14.6. The highest BCUT2D eigenvalue weighted by Gasteiger charge is 2.13. The molecule has 136 valence electrons. The number of pyridine rings is 3. The number of fused-ring (bicyclic) bond motifs is 3. The Morgan fingerprint density at radius 1 is 1.04 bits per heavy atom. The highest BCUT2D eigenvalue weighted by Crippen LogP contribution is 2.19. The first-order valence-electron chi connectivity index (χ1n) is 8.39. The lowest BCUT2D eigenvalue weighted by Crippen LogP contribution is -2.23. The van der Waals surface area contributed by atoms with Crippen LogP contribution in [0.4, 0.5) is 4.39 Å². The van der Waals surface area contributed by atoms with Gasteiger partial charge in [-0.3, -0.25) is 19.1 Å². The molecule has 0 fully saturated rings. The van der Waals surface area contributed by atoms with E-state index in [1.807, 2.05) is 0 Å². The predicted molar refractivity (Wildman–Crippen MR) is 101 cm³/mol. The van der Waals surface area contributed by atoms with E-state index in [2.05, 4.69) is 4.98 Å². The maximum absolute atomic E-state index is 14.1. The smallest absolute Gasteiger partial charge is 0.264 e. The van der Waals surface area contributed by atoms with E-state index in [1.54, 1.807) is 37.6 Å². The third-order valence-electron chi connectivity index (χ3n) is 4.52. The van der Waals surface area contributed by atoms with Crippen molar-refractivity contribution in [2.75, 3.05) is 13.7 Å². The minimum absolute atomic E-state index is 0.148. The van der Waals surface area contributed by atoms with Crippen LogP contribution in [-0.2, 0) is 11.3 Å². The normalized spacial score (nSPS) is 11.3. The lowest BCUT2D eigenvalue weighted by Gasteiger charge is -2.10. The van der Waals surface area contributed by atoms with E-state index < -0.39 is 11.4 Å². The molecule has 0 atom stereocenters. The Hall–Kier alpha value is -3.32. The molecule has 0 amide bonds. The molecule has 7 heteroatoms. The Morgan fingerprint density at radius 3 is 2.63 bits per heavy atom. The topological polar surface area (TPSA) is 66.1 Å². The van der Waals surface area contributed by atoms with Gasteiger partial charge in [0.25, 0.3) is 11.1 Å². The summed E-state index contributed by atoms with van der Waals surface area (Å²) in [4.78, 5) is 30.0. The Morgan fingerprint density at radius 2 is 1.85 bits per heavy atom. The summed E-state index contributed by atoms with van der Waals surface area (Å²) in [6, 6.07) is 9.40. The molecule has 0 aliphatic rings. The van der Waals surface area contributed by atoms with Crippen molar-refractivity contribution >= 4 is 21.7 Å². The number of hydrogen-bond acceptors (Lipinski definition) is 4. The van der Waals surface area contributed by atoms with Gasteiger partial charge in [-0.1, -0.05) is 12.1 Å². The maximum atomic E-state index is 14.1. The summed E-state index contributed by atoms with van der Waals surface area (Å²) in [6.45, 7) is 0.789. The summed E-state index contributed by atoms with van der Waals surface area (Å²) in [5.41, 5.74) is -0.0244. The van der Waals surface area contributed by atoms with E-state index in [1.165, 1.54) is 33.7 Å². The van der Waals surface area contributed by atoms with E-state index in [9.17, 15) is 14.0 Å². The van der Waals surface area contributed by atoms with E-state index in [0.29, 0.717) is 29.4 Å². The van der Waals surface area contributed by atoms with Crippen LogP contribution in [0.3, 0.4) is 0 Å². The summed E-state index contributed by atoms with van der Waals surface area (Å²) in [7, 11) is 1.56. The highest BCUT2D eigenvalue weighted by molar-refractivity contribution is 6.04. The number of benzene rings is 1. The van der Waals surface area contributed by atoms with Gasteiger partial charge in [-0.25, -0.2) is 4.39 Å². The molecule has 0 spiro atoms. The molecular formula is C20H16FN3O3. The van der Waals surface area contributed by atoms with Gasteiger partial charge in [0.1, 0.15) is 5.82 Å². The Labute approximate surface area is 153 Å². The minimum Gasteiger partial charge on any atom is -0.383 e. The van der Waals surface area contributed by atoms with Crippen molar-refractivity contribution < 1.29 is 9.13 Å². The van der Waals surface area contributed by atoms with Crippen molar-refractivity contribution in [2.45, 2.75) is 6.54 Å². The molecule has 0 N–H and O–H groups in total. The molecule has 3 aromatic heterocycles. The first-order chi connectivity index (χ1) is 13.1. The molecule has 0 aliphatic carbocycles. The zero-order valence-electron chi connectivity index (χ0n) is 14.6. The van der Waals surface area contributed by atoms with Gasteiger partial charge < -0.3 is 9.30 Å². The molecular weight excluding hydrogens is 349 g/mol. The van der Waals surface area contributed by atoms with Crippen molar-refractivity contribution in [1.29, 1.82) is 0 Å². The molecule has 0 bridgehead atoms. The molecule has 0 radical (unpaired) electrons. The summed E-state index contributed by atoms with van der Waals surface area (Å²) in [6.07, 6.45) is 4.56. The Bertz CT molecular complexity index is 1280. The van der Waals surface area contributed by atoms with E-state index in [-0.39, 0.29) is 16.6 Å². The van der Waals surface area contributed by atoms with Crippen molar-refractivity contribution in [3.63, 3.8) is 0 Å². The second kappa shape index (κ2) is 6.77. The molecule has 4 rings (SSSR count). The van der Waals surface area contributed by atoms with Gasteiger partial charge in [-0.05, 0) is 24.3 Å². The first kappa shape index (κ1) is 17.1. The lowest BCUT2D eigenvalue weighted by atomic mass is 10.1. The molecule has 0 unspecified atom stereocenters. The molecule has 0 aliphatic heterocycles. The van der Waals surface area contributed by atoms with Crippen LogP contribution in [0.2, 0.25) is 0 Å². The number of aromatic nitrogens is 3. The number of nitrogens with zero attached hydrogens (tertiary/aromatic N) is 3. The van der Waals surface area contributed by atoms with Crippen LogP contribution in [-0.4, -0.2) is 27.8 Å². The fraction of sp³-hybridized carbons (Fsp3) is 0.150. The molecule has 1 aromatic carbocycles. The van der Waals surface area contributed by atoms with E-state index in [4.69, 9.17) is 4.74 Å². The summed E-state index contributed by atoms with van der Waals surface area (Å²) >= 11 is 0. The average molecular weight is 365 g/mol. The van der Waals surface area contributed by atoms with Crippen molar-refractivity contribution in [3.8, 4) is 5.69 Å². The largest absolute Gasteiger partial charge is 0.383 e. The quantitative estimate of drug-likeness (QED) is 0.521. The number of hydrogen-bond donors (Lipinski definition) is 0. The number of para-hydroxylation sites is 1. The number of rotatable bonds is 4. The van der Waals surface area contributed by atoms with Gasteiger partial charge in [0.05, 0.1) is 28.6 Å². The molecule has 3 heterocycles. The lowest BCUT2D eigenvalue weighted by molar-refractivity contribution is 0.186. The number of halogens is 1.